The maximum Gasteiger partial charge on any atom is 0.306 e. The van der Waals surface area contributed by atoms with Gasteiger partial charge in [0.2, 0.25) is 0 Å². The number of hydrogen-bond acceptors (Lipinski definition) is 6. The van der Waals surface area contributed by atoms with Crippen LogP contribution in [0.2, 0.25) is 0 Å². The Morgan fingerprint density at radius 3 is 2.61 bits per heavy atom. The first-order valence-corrected chi connectivity index (χ1v) is 11.3. The van der Waals surface area contributed by atoms with E-state index in [1.165, 1.54) is 11.1 Å². The fraction of sp³-hybridized carbons (Fsp3) is 0.550. The summed E-state index contributed by atoms with van der Waals surface area (Å²) >= 11 is 0. The molecule has 1 atom stereocenters. The van der Waals surface area contributed by atoms with Crippen molar-refractivity contribution in [1.82, 2.24) is 5.32 Å². The Labute approximate surface area is 164 Å². The zero-order valence-corrected chi connectivity index (χ0v) is 16.8. The van der Waals surface area contributed by atoms with Crippen LogP contribution in [0.25, 0.3) is 0 Å². The molecule has 1 aromatic rings. The highest BCUT2D eigenvalue weighted by Gasteiger charge is 2.39. The molecule has 28 heavy (non-hydrogen) atoms. The number of carbonyl (C=O) groups is 3. The van der Waals surface area contributed by atoms with Crippen LogP contribution in [0.1, 0.15) is 54.1 Å². The second kappa shape index (κ2) is 8.03. The lowest BCUT2D eigenvalue weighted by Crippen LogP contribution is -2.48. The number of hydrogen-bond donors (Lipinski definition) is 1. The van der Waals surface area contributed by atoms with E-state index in [0.717, 1.165) is 19.3 Å². The number of esters is 1. The van der Waals surface area contributed by atoms with Gasteiger partial charge in [-0.1, -0.05) is 12.1 Å². The van der Waals surface area contributed by atoms with E-state index in [1.807, 2.05) is 12.1 Å². The highest BCUT2D eigenvalue weighted by atomic mass is 32.2. The van der Waals surface area contributed by atoms with Gasteiger partial charge < -0.3 is 10.1 Å². The van der Waals surface area contributed by atoms with Crippen molar-refractivity contribution < 1.29 is 27.5 Å². The van der Waals surface area contributed by atoms with Gasteiger partial charge in [0, 0.05) is 12.0 Å². The first kappa shape index (κ1) is 20.5. The van der Waals surface area contributed by atoms with Gasteiger partial charge in [-0.25, -0.2) is 8.42 Å². The van der Waals surface area contributed by atoms with Crippen LogP contribution in [0.5, 0.6) is 0 Å². The smallest absolute Gasteiger partial charge is 0.306 e. The Hall–Kier alpha value is -2.22. The number of Topliss-reactive ketones (excluding diaryl/α,β-unsaturated/α-hetero) is 1. The van der Waals surface area contributed by atoms with Gasteiger partial charge in [0.15, 0.2) is 22.2 Å². The molecule has 0 unspecified atom stereocenters. The molecule has 1 aromatic carbocycles. The Morgan fingerprint density at radius 2 is 1.89 bits per heavy atom. The molecule has 0 bridgehead atoms. The average molecular weight is 407 g/mol. The standard InChI is InChI=1S/C20H25NO6S/c1-20(9-10-28(25,26)13-20)21-18(23)12-27-19(24)8-7-17(22)16-6-5-14-3-2-4-15(14)11-16/h5-6,11H,2-4,7-10,12-13H2,1H3,(H,21,23)/t20-/m0/s1. The molecule has 0 aromatic heterocycles. The molecule has 1 saturated heterocycles. The summed E-state index contributed by atoms with van der Waals surface area (Å²) in [5, 5.41) is 2.62. The molecule has 0 saturated carbocycles. The van der Waals surface area contributed by atoms with Gasteiger partial charge in [-0.2, -0.15) is 0 Å². The molecule has 2 aliphatic rings. The minimum absolute atomic E-state index is 0.0230. The fourth-order valence-electron chi connectivity index (χ4n) is 3.81. The molecule has 1 amide bonds. The number of benzene rings is 1. The molecule has 7 nitrogen and oxygen atoms in total. The predicted molar refractivity (Wildman–Crippen MR) is 103 cm³/mol. The van der Waals surface area contributed by atoms with Crippen LogP contribution in [-0.2, 0) is 37.0 Å². The third kappa shape index (κ3) is 5.19. The summed E-state index contributed by atoms with van der Waals surface area (Å²) in [6, 6.07) is 5.67. The van der Waals surface area contributed by atoms with Crippen LogP contribution < -0.4 is 5.32 Å². The summed E-state index contributed by atoms with van der Waals surface area (Å²) in [4.78, 5) is 36.1. The highest BCUT2D eigenvalue weighted by molar-refractivity contribution is 7.91. The number of aryl methyl sites for hydroxylation is 2. The normalized spacial score (nSPS) is 22.5. The summed E-state index contributed by atoms with van der Waals surface area (Å²) < 4.78 is 28.0. The van der Waals surface area contributed by atoms with Crippen molar-refractivity contribution in [3.05, 3.63) is 34.9 Å². The van der Waals surface area contributed by atoms with Crippen molar-refractivity contribution >= 4 is 27.5 Å². The highest BCUT2D eigenvalue weighted by Crippen LogP contribution is 2.24. The van der Waals surface area contributed by atoms with Gasteiger partial charge in [0.25, 0.3) is 5.91 Å². The zero-order valence-electron chi connectivity index (χ0n) is 16.0. The van der Waals surface area contributed by atoms with E-state index in [1.54, 1.807) is 13.0 Å². The monoisotopic (exact) mass is 407 g/mol. The summed E-state index contributed by atoms with van der Waals surface area (Å²) in [6.07, 6.45) is 3.39. The second-order valence-corrected chi connectivity index (χ2v) is 10.1. The largest absolute Gasteiger partial charge is 0.456 e. The van der Waals surface area contributed by atoms with Crippen LogP contribution in [-0.4, -0.2) is 49.7 Å². The summed E-state index contributed by atoms with van der Waals surface area (Å²) in [5.74, 6) is -1.38. The van der Waals surface area contributed by atoms with E-state index in [2.05, 4.69) is 5.32 Å². The van der Waals surface area contributed by atoms with E-state index < -0.39 is 33.9 Å². The molecular weight excluding hydrogens is 382 g/mol. The first-order valence-electron chi connectivity index (χ1n) is 9.48. The van der Waals surface area contributed by atoms with Crippen LogP contribution in [0.3, 0.4) is 0 Å². The summed E-state index contributed by atoms with van der Waals surface area (Å²) in [7, 11) is -3.14. The van der Waals surface area contributed by atoms with Crippen molar-refractivity contribution in [2.45, 2.75) is 51.0 Å². The lowest BCUT2D eigenvalue weighted by atomic mass is 10.0. The number of amides is 1. The van der Waals surface area contributed by atoms with Gasteiger partial charge >= 0.3 is 5.97 Å². The summed E-state index contributed by atoms with van der Waals surface area (Å²) in [6.45, 7) is 1.17. The zero-order chi connectivity index (χ0) is 20.4. The number of ether oxygens (including phenoxy) is 1. The maximum absolute atomic E-state index is 12.3. The van der Waals surface area contributed by atoms with Crippen LogP contribution in [0.4, 0.5) is 0 Å². The SMILES string of the molecule is C[C@]1(NC(=O)COC(=O)CCC(=O)c2ccc3c(c2)CCC3)CCS(=O)(=O)C1. The van der Waals surface area contributed by atoms with Gasteiger partial charge in [-0.05, 0) is 49.8 Å². The van der Waals surface area contributed by atoms with Gasteiger partial charge in [0.05, 0.1) is 23.5 Å². The fourth-order valence-corrected chi connectivity index (χ4v) is 5.90. The second-order valence-electron chi connectivity index (χ2n) is 7.87. The number of nitrogens with one attached hydrogen (secondary N) is 1. The minimum atomic E-state index is -3.14. The Balaban J connectivity index is 1.41. The number of carbonyl (C=O) groups excluding carboxylic acids is 3. The molecule has 1 N–H and O–H groups in total. The van der Waals surface area contributed by atoms with E-state index >= 15 is 0 Å². The molecule has 0 radical (unpaired) electrons. The van der Waals surface area contributed by atoms with E-state index in [4.69, 9.17) is 4.74 Å². The van der Waals surface area contributed by atoms with Crippen LogP contribution >= 0.6 is 0 Å². The maximum atomic E-state index is 12.3. The number of rotatable bonds is 7. The van der Waals surface area contributed by atoms with E-state index in [0.29, 0.717) is 12.0 Å². The van der Waals surface area contributed by atoms with Crippen molar-refractivity contribution in [1.29, 1.82) is 0 Å². The lowest BCUT2D eigenvalue weighted by Gasteiger charge is -2.23. The van der Waals surface area contributed by atoms with Gasteiger partial charge in [-0.15, -0.1) is 0 Å². The van der Waals surface area contributed by atoms with Crippen LogP contribution in [0.15, 0.2) is 18.2 Å². The topological polar surface area (TPSA) is 107 Å². The molecular formula is C20H25NO6S. The van der Waals surface area contributed by atoms with Crippen molar-refractivity contribution in [3.8, 4) is 0 Å². The third-order valence-corrected chi connectivity index (χ3v) is 7.19. The Kier molecular flexibility index (Phi) is 5.88. The predicted octanol–water partition coefficient (Wildman–Crippen LogP) is 1.37. The quantitative estimate of drug-likeness (QED) is 0.541. The van der Waals surface area contributed by atoms with Gasteiger partial charge in [0.1, 0.15) is 0 Å². The number of sulfone groups is 1. The molecule has 1 aliphatic carbocycles. The Morgan fingerprint density at radius 1 is 1.14 bits per heavy atom. The summed E-state index contributed by atoms with van der Waals surface area (Å²) in [5.41, 5.74) is 2.26. The molecule has 1 aliphatic heterocycles. The molecule has 1 fully saturated rings. The lowest BCUT2D eigenvalue weighted by molar-refractivity contribution is -0.148. The number of ketones is 1. The van der Waals surface area contributed by atoms with Crippen molar-refractivity contribution in [2.24, 2.45) is 0 Å². The molecule has 8 heteroatoms. The average Bonchev–Trinajstić information content (AvgIpc) is 3.20. The minimum Gasteiger partial charge on any atom is -0.456 e. The molecule has 0 spiro atoms. The molecule has 152 valence electrons. The van der Waals surface area contributed by atoms with E-state index in [9.17, 15) is 22.8 Å². The third-order valence-electron chi connectivity index (χ3n) is 5.29. The van der Waals surface area contributed by atoms with Crippen molar-refractivity contribution in [3.63, 3.8) is 0 Å². The first-order chi connectivity index (χ1) is 13.2. The van der Waals surface area contributed by atoms with E-state index in [-0.39, 0.29) is 30.1 Å². The molecule has 3 rings (SSSR count). The van der Waals surface area contributed by atoms with Gasteiger partial charge in [-0.3, -0.25) is 14.4 Å². The molecule has 1 heterocycles. The Bertz CT molecular complexity index is 907. The van der Waals surface area contributed by atoms with Crippen molar-refractivity contribution in [2.75, 3.05) is 18.1 Å². The van der Waals surface area contributed by atoms with Crippen LogP contribution in [0, 0.1) is 0 Å². The number of fused-ring (bicyclic) bond motifs is 1.